The van der Waals surface area contributed by atoms with E-state index in [1.165, 1.54) is 44.9 Å². The molecule has 0 aromatic rings. The Balaban J connectivity index is 1.20. The summed E-state index contributed by atoms with van der Waals surface area (Å²) in [6, 6.07) is 0.499. The molecular weight excluding hydrogens is 286 g/mol. The molecule has 0 saturated heterocycles. The number of hydrogen-bond donors (Lipinski definition) is 3. The van der Waals surface area contributed by atoms with E-state index in [9.17, 15) is 5.11 Å². The lowest BCUT2D eigenvalue weighted by Gasteiger charge is -2.51. The molecule has 0 aromatic heterocycles. The molecule has 6 fully saturated rings. The van der Waals surface area contributed by atoms with Gasteiger partial charge in [-0.25, -0.2) is 0 Å². The number of rotatable bonds is 3. The van der Waals surface area contributed by atoms with Crippen LogP contribution < -0.4 is 11.1 Å². The van der Waals surface area contributed by atoms with Gasteiger partial charge in [0.2, 0.25) is 0 Å². The first-order chi connectivity index (χ1) is 11.2. The largest absolute Gasteiger partial charge is 0.387 e. The number of hydrogen-bond acceptors (Lipinski definition) is 2. The van der Waals surface area contributed by atoms with Crippen molar-refractivity contribution >= 4 is 5.96 Å². The van der Waals surface area contributed by atoms with Gasteiger partial charge in [0.1, 0.15) is 0 Å². The number of aliphatic hydroxyl groups is 1. The molecule has 0 amide bonds. The average molecular weight is 315 g/mol. The molecule has 9 unspecified atom stereocenters. The highest BCUT2D eigenvalue weighted by molar-refractivity contribution is 5.78. The van der Waals surface area contributed by atoms with E-state index in [0.717, 1.165) is 35.5 Å². The third-order valence-corrected chi connectivity index (χ3v) is 8.98. The highest BCUT2D eigenvalue weighted by Crippen LogP contribution is 2.85. The van der Waals surface area contributed by atoms with Crippen LogP contribution >= 0.6 is 0 Å². The molecule has 0 aliphatic heterocycles. The van der Waals surface area contributed by atoms with Crippen LogP contribution in [-0.4, -0.2) is 29.3 Å². The molecule has 6 aliphatic rings. The second kappa shape index (κ2) is 4.25. The van der Waals surface area contributed by atoms with Crippen LogP contribution in [0.15, 0.2) is 4.99 Å². The maximum absolute atomic E-state index is 11.5. The van der Waals surface area contributed by atoms with Crippen LogP contribution in [0.4, 0.5) is 0 Å². The van der Waals surface area contributed by atoms with Crippen molar-refractivity contribution in [1.82, 2.24) is 5.32 Å². The Morgan fingerprint density at radius 1 is 1.00 bits per heavy atom. The van der Waals surface area contributed by atoms with E-state index < -0.39 is 5.60 Å². The predicted molar refractivity (Wildman–Crippen MR) is 88.6 cm³/mol. The SMILES string of the molecule is NC(=NCC1(O)C2C3CC4C5C3CC2C5C41)NC1CCCCC1. The Morgan fingerprint density at radius 2 is 1.74 bits per heavy atom. The van der Waals surface area contributed by atoms with Crippen molar-refractivity contribution < 1.29 is 5.11 Å². The van der Waals surface area contributed by atoms with E-state index in [1.54, 1.807) is 0 Å². The monoisotopic (exact) mass is 315 g/mol. The summed E-state index contributed by atoms with van der Waals surface area (Å²) in [6.45, 7) is 0.549. The van der Waals surface area contributed by atoms with E-state index >= 15 is 0 Å². The number of guanidine groups is 1. The highest BCUT2D eigenvalue weighted by atomic mass is 16.3. The van der Waals surface area contributed by atoms with Gasteiger partial charge in [-0.1, -0.05) is 19.3 Å². The Labute approximate surface area is 138 Å². The Bertz CT molecular complexity index is 565. The molecule has 6 rings (SSSR count). The molecule has 0 spiro atoms. The number of aliphatic imine (C=N–C) groups is 1. The summed E-state index contributed by atoms with van der Waals surface area (Å²) >= 11 is 0. The maximum atomic E-state index is 11.5. The second-order valence-electron chi connectivity index (χ2n) is 9.51. The van der Waals surface area contributed by atoms with Crippen molar-refractivity contribution in [2.45, 2.75) is 56.6 Å². The summed E-state index contributed by atoms with van der Waals surface area (Å²) in [5.74, 6) is 6.94. The van der Waals surface area contributed by atoms with Crippen LogP contribution in [-0.2, 0) is 0 Å². The Kier molecular flexibility index (Phi) is 2.50. The fourth-order valence-corrected chi connectivity index (χ4v) is 8.65. The molecule has 4 N–H and O–H groups in total. The van der Waals surface area contributed by atoms with E-state index in [4.69, 9.17) is 5.73 Å². The topological polar surface area (TPSA) is 70.6 Å². The summed E-state index contributed by atoms with van der Waals surface area (Å²) in [5.41, 5.74) is 5.63. The molecule has 23 heavy (non-hydrogen) atoms. The number of nitrogens with two attached hydrogens (primary N) is 1. The Morgan fingerprint density at radius 3 is 2.57 bits per heavy atom. The first kappa shape index (κ1) is 13.5. The maximum Gasteiger partial charge on any atom is 0.188 e. The molecule has 4 nitrogen and oxygen atoms in total. The second-order valence-corrected chi connectivity index (χ2v) is 9.51. The molecule has 2 bridgehead atoms. The van der Waals surface area contributed by atoms with Gasteiger partial charge in [-0.2, -0.15) is 0 Å². The smallest absolute Gasteiger partial charge is 0.188 e. The van der Waals surface area contributed by atoms with Gasteiger partial charge >= 0.3 is 0 Å². The molecule has 0 aromatic carbocycles. The summed E-state index contributed by atoms with van der Waals surface area (Å²) in [7, 11) is 0. The molecule has 0 radical (unpaired) electrons. The van der Waals surface area contributed by atoms with Gasteiger partial charge in [-0.15, -0.1) is 0 Å². The zero-order valence-corrected chi connectivity index (χ0v) is 13.8. The minimum absolute atomic E-state index is 0.499. The van der Waals surface area contributed by atoms with Crippen LogP contribution in [0.3, 0.4) is 0 Å². The van der Waals surface area contributed by atoms with Crippen molar-refractivity contribution in [2.75, 3.05) is 6.54 Å². The quantitative estimate of drug-likeness (QED) is 0.549. The van der Waals surface area contributed by atoms with Crippen LogP contribution in [0.2, 0.25) is 0 Å². The third kappa shape index (κ3) is 1.46. The fraction of sp³-hybridized carbons (Fsp3) is 0.947. The Hall–Kier alpha value is -0.770. The van der Waals surface area contributed by atoms with Gasteiger partial charge in [-0.3, -0.25) is 4.99 Å². The van der Waals surface area contributed by atoms with Gasteiger partial charge in [0.25, 0.3) is 0 Å². The number of nitrogens with zero attached hydrogens (tertiary/aromatic N) is 1. The average Bonchev–Trinajstić information content (AvgIpc) is 3.05. The van der Waals surface area contributed by atoms with Crippen LogP contribution in [0.5, 0.6) is 0 Å². The van der Waals surface area contributed by atoms with E-state index in [2.05, 4.69) is 10.3 Å². The summed E-state index contributed by atoms with van der Waals surface area (Å²) in [6.07, 6.45) is 9.21. The van der Waals surface area contributed by atoms with Crippen LogP contribution in [0, 0.1) is 47.3 Å². The number of fused-ring (bicyclic) bond motifs is 2. The van der Waals surface area contributed by atoms with E-state index in [-0.39, 0.29) is 0 Å². The fourth-order valence-electron chi connectivity index (χ4n) is 8.65. The van der Waals surface area contributed by atoms with Crippen molar-refractivity contribution in [3.8, 4) is 0 Å². The van der Waals surface area contributed by atoms with Crippen LogP contribution in [0.1, 0.15) is 44.9 Å². The van der Waals surface area contributed by atoms with Gasteiger partial charge < -0.3 is 16.2 Å². The highest BCUT2D eigenvalue weighted by Gasteiger charge is 2.84. The zero-order valence-electron chi connectivity index (χ0n) is 13.8. The van der Waals surface area contributed by atoms with Crippen molar-refractivity contribution in [3.63, 3.8) is 0 Å². The third-order valence-electron chi connectivity index (χ3n) is 8.98. The molecule has 6 saturated carbocycles. The minimum Gasteiger partial charge on any atom is -0.387 e. The van der Waals surface area contributed by atoms with Crippen molar-refractivity contribution in [3.05, 3.63) is 0 Å². The van der Waals surface area contributed by atoms with E-state index in [1.807, 2.05) is 0 Å². The molecule has 4 heteroatoms. The normalized spacial score (nSPS) is 58.9. The number of nitrogens with one attached hydrogen (secondary N) is 1. The van der Waals surface area contributed by atoms with Gasteiger partial charge in [0, 0.05) is 6.04 Å². The van der Waals surface area contributed by atoms with Crippen LogP contribution in [0.25, 0.3) is 0 Å². The van der Waals surface area contributed by atoms with Gasteiger partial charge in [0.15, 0.2) is 5.96 Å². The molecule has 0 heterocycles. The zero-order chi connectivity index (χ0) is 15.3. The summed E-state index contributed by atoms with van der Waals surface area (Å²) < 4.78 is 0. The molecule has 6 aliphatic carbocycles. The minimum atomic E-state index is -0.524. The molecule has 9 atom stereocenters. The summed E-state index contributed by atoms with van der Waals surface area (Å²) in [5, 5.41) is 14.9. The lowest BCUT2D eigenvalue weighted by atomic mass is 9.56. The molecular formula is C19H29N3O. The summed E-state index contributed by atoms with van der Waals surface area (Å²) in [4.78, 5) is 4.65. The van der Waals surface area contributed by atoms with Crippen molar-refractivity contribution in [1.29, 1.82) is 0 Å². The van der Waals surface area contributed by atoms with E-state index in [0.29, 0.717) is 30.4 Å². The van der Waals surface area contributed by atoms with Crippen molar-refractivity contribution in [2.24, 2.45) is 58.1 Å². The van der Waals surface area contributed by atoms with Gasteiger partial charge in [0.05, 0.1) is 12.1 Å². The predicted octanol–water partition coefficient (Wildman–Crippen LogP) is 1.73. The first-order valence-corrected chi connectivity index (χ1v) is 9.97. The van der Waals surface area contributed by atoms with Gasteiger partial charge in [-0.05, 0) is 73.0 Å². The first-order valence-electron chi connectivity index (χ1n) is 9.97. The lowest BCUT2D eigenvalue weighted by molar-refractivity contribution is -0.123. The standard InChI is InChI=1S/C19H29N3O/c20-18(22-9-4-2-1-3-5-9)21-8-19(23)16-11-7-12-14-10(11)6-13(16)15(14)17(12)19/h9-17,23H,1-8H2,(H3,20,21,22). The molecule has 126 valence electrons. The lowest BCUT2D eigenvalue weighted by Crippen LogP contribution is -2.56.